The number of aliphatic hydroxyl groups excluding tert-OH is 2. The van der Waals surface area contributed by atoms with E-state index in [2.05, 4.69) is 19.2 Å². The number of Topliss-reactive ketones (excluding diaryl/α,β-unsaturated/α-hetero) is 2. The van der Waals surface area contributed by atoms with Crippen molar-refractivity contribution in [2.75, 3.05) is 0 Å². The number of hydrogen-bond donors (Lipinski definition) is 6. The van der Waals surface area contributed by atoms with Crippen LogP contribution in [0.15, 0.2) is 36.4 Å². The van der Waals surface area contributed by atoms with Crippen molar-refractivity contribution in [2.45, 2.75) is 84.8 Å². The van der Waals surface area contributed by atoms with Crippen LogP contribution in [0.1, 0.15) is 69.4 Å². The quantitative estimate of drug-likeness (QED) is 0.278. The summed E-state index contributed by atoms with van der Waals surface area (Å²) in [6, 6.07) is 11.6. The molecule has 2 aromatic rings. The highest BCUT2D eigenvalue weighted by Gasteiger charge is 2.75. The number of carbonyl (C=O) groups is 3. The lowest BCUT2D eigenvalue weighted by molar-refractivity contribution is -0.265. The molecule has 1 amide bonds. The lowest BCUT2D eigenvalue weighted by Gasteiger charge is -2.66. The number of benzene rings is 2. The van der Waals surface area contributed by atoms with Crippen LogP contribution < -0.4 is 11.1 Å². The van der Waals surface area contributed by atoms with Gasteiger partial charge >= 0.3 is 0 Å². The molecule has 2 saturated carbocycles. The molecule has 9 heteroatoms. The number of phenols is 1. The number of primary amides is 1. The first-order valence-electron chi connectivity index (χ1n) is 15.1. The lowest BCUT2D eigenvalue weighted by atomic mass is 9.39. The number of ketones is 2. The minimum absolute atomic E-state index is 0.0620. The summed E-state index contributed by atoms with van der Waals surface area (Å²) in [5, 5.41) is 49.8. The number of aliphatic hydroxyl groups is 3. The number of rotatable bonds is 6. The zero-order chi connectivity index (χ0) is 31.8. The summed E-state index contributed by atoms with van der Waals surface area (Å²) < 4.78 is 0. The van der Waals surface area contributed by atoms with Crippen LogP contribution in [0.3, 0.4) is 0 Å². The van der Waals surface area contributed by atoms with Gasteiger partial charge in [0.15, 0.2) is 17.2 Å². The number of carbonyl (C=O) groups excluding carboxylic acids is 3. The Hall–Kier alpha value is -3.11. The van der Waals surface area contributed by atoms with E-state index >= 15 is 0 Å². The second-order valence-electron chi connectivity index (χ2n) is 14.2. The van der Waals surface area contributed by atoms with E-state index in [1.807, 2.05) is 45.0 Å². The van der Waals surface area contributed by atoms with Gasteiger partial charge in [0.25, 0.3) is 0 Å². The van der Waals surface area contributed by atoms with E-state index < -0.39 is 63.9 Å². The SMILES string of the molecule is CC(C)NCc1ccc(-c2ccc(O)c3c2C[C@]2(C)C[C@]4(C)[C@@H](C(C)C)C(O)[C@@H](C(N)=O)C(=O)[C@]4(O)C(O)[C@H]2C3=O)cc1. The predicted molar refractivity (Wildman–Crippen MR) is 161 cm³/mol. The largest absolute Gasteiger partial charge is 0.507 e. The molecule has 8 atom stereocenters. The van der Waals surface area contributed by atoms with E-state index in [9.17, 15) is 34.8 Å². The number of aromatic hydroxyl groups is 1. The van der Waals surface area contributed by atoms with Crippen LogP contribution >= 0.6 is 0 Å². The van der Waals surface area contributed by atoms with Crippen LogP contribution in [0.5, 0.6) is 5.75 Å². The molecule has 0 radical (unpaired) electrons. The van der Waals surface area contributed by atoms with Gasteiger partial charge in [-0.2, -0.15) is 0 Å². The van der Waals surface area contributed by atoms with E-state index in [0.29, 0.717) is 18.2 Å². The lowest BCUT2D eigenvalue weighted by Crippen LogP contribution is -2.79. The van der Waals surface area contributed by atoms with E-state index in [0.717, 1.165) is 16.7 Å². The normalized spacial score (nSPS) is 35.5. The molecule has 2 aromatic carbocycles. The van der Waals surface area contributed by atoms with Crippen LogP contribution in [0.4, 0.5) is 0 Å². The van der Waals surface area contributed by atoms with Crippen LogP contribution in [-0.4, -0.2) is 61.8 Å². The van der Waals surface area contributed by atoms with Crippen molar-refractivity contribution in [1.29, 1.82) is 0 Å². The number of fused-ring (bicyclic) bond motifs is 3. The van der Waals surface area contributed by atoms with E-state index in [1.165, 1.54) is 6.07 Å². The van der Waals surface area contributed by atoms with Crippen LogP contribution in [-0.2, 0) is 22.6 Å². The zero-order valence-corrected chi connectivity index (χ0v) is 25.7. The number of hydrogen-bond acceptors (Lipinski definition) is 8. The summed E-state index contributed by atoms with van der Waals surface area (Å²) in [5.74, 6) is -7.02. The molecule has 2 unspecified atom stereocenters. The van der Waals surface area contributed by atoms with Gasteiger partial charge in [-0.3, -0.25) is 14.4 Å². The fourth-order valence-electron chi connectivity index (χ4n) is 8.93. The monoisotopic (exact) mass is 592 g/mol. The van der Waals surface area contributed by atoms with Gasteiger partial charge in [-0.15, -0.1) is 0 Å². The summed E-state index contributed by atoms with van der Waals surface area (Å²) in [6.45, 7) is 12.0. The molecule has 0 aromatic heterocycles. The molecule has 3 aliphatic rings. The van der Waals surface area contributed by atoms with Crippen LogP contribution in [0, 0.1) is 34.5 Å². The fraction of sp³-hybridized carbons (Fsp3) is 0.559. The Bertz CT molecular complexity index is 1470. The van der Waals surface area contributed by atoms with Gasteiger partial charge in [-0.25, -0.2) is 0 Å². The van der Waals surface area contributed by atoms with Crippen molar-refractivity contribution in [3.05, 3.63) is 53.1 Å². The van der Waals surface area contributed by atoms with Crippen LogP contribution in [0.2, 0.25) is 0 Å². The molecule has 0 aliphatic heterocycles. The smallest absolute Gasteiger partial charge is 0.230 e. The standard InChI is InChI=1S/C34H44N2O7/c1-16(2)25-28(39)24(31(35)42)29(40)34(43)30(41)26-27(38)23-21(13-32(26,5)15-33(25,34)6)20(11-12-22(23)37)19-9-7-18(8-10-19)14-36-17(3)4/h7-12,16-17,24-26,28,30,36-37,39,41,43H,13-15H2,1-6H3,(H2,35,42)/t24-,25+,26-,28?,30?,32-,33-,34+/m1/s1. The number of amides is 1. The first-order chi connectivity index (χ1) is 20.0. The average Bonchev–Trinajstić information content (AvgIpc) is 2.89. The van der Waals surface area contributed by atoms with E-state index in [-0.39, 0.29) is 30.1 Å². The summed E-state index contributed by atoms with van der Waals surface area (Å²) in [7, 11) is 0. The van der Waals surface area contributed by atoms with Crippen molar-refractivity contribution in [3.8, 4) is 16.9 Å². The molecule has 7 N–H and O–H groups in total. The maximum absolute atomic E-state index is 14.3. The number of nitrogens with one attached hydrogen (secondary N) is 1. The first kappa shape index (κ1) is 31.3. The van der Waals surface area contributed by atoms with Crippen molar-refractivity contribution < 1.29 is 34.8 Å². The predicted octanol–water partition coefficient (Wildman–Crippen LogP) is 2.74. The Morgan fingerprint density at radius 3 is 2.23 bits per heavy atom. The van der Waals surface area contributed by atoms with Crippen LogP contribution in [0.25, 0.3) is 11.1 Å². The molecule has 232 valence electrons. The molecule has 3 aliphatic carbocycles. The molecule has 43 heavy (non-hydrogen) atoms. The molecule has 2 fully saturated rings. The summed E-state index contributed by atoms with van der Waals surface area (Å²) in [4.78, 5) is 40.5. The Balaban J connectivity index is 1.64. The second-order valence-corrected chi connectivity index (χ2v) is 14.2. The number of nitrogens with two attached hydrogens (primary N) is 1. The number of phenolic OH excluding ortho intramolecular Hbond substituents is 1. The molecule has 0 bridgehead atoms. The molecular weight excluding hydrogens is 548 g/mol. The van der Waals surface area contributed by atoms with Gasteiger partial charge in [0.2, 0.25) is 5.91 Å². The first-order valence-corrected chi connectivity index (χ1v) is 15.1. The van der Waals surface area contributed by atoms with E-state index in [1.54, 1.807) is 13.0 Å². The van der Waals surface area contributed by atoms with Gasteiger partial charge in [0.05, 0.1) is 17.6 Å². The molecule has 0 saturated heterocycles. The maximum atomic E-state index is 14.3. The molecule has 0 spiro atoms. The maximum Gasteiger partial charge on any atom is 0.230 e. The van der Waals surface area contributed by atoms with Gasteiger partial charge < -0.3 is 31.5 Å². The fourth-order valence-corrected chi connectivity index (χ4v) is 8.93. The van der Waals surface area contributed by atoms with Gasteiger partial charge in [0, 0.05) is 18.0 Å². The minimum Gasteiger partial charge on any atom is -0.507 e. The Labute approximate surface area is 252 Å². The van der Waals surface area contributed by atoms with Crippen molar-refractivity contribution in [1.82, 2.24) is 5.32 Å². The molecular formula is C34H44N2O7. The minimum atomic E-state index is -2.52. The molecule has 0 heterocycles. The van der Waals surface area contributed by atoms with Crippen molar-refractivity contribution in [2.24, 2.45) is 40.2 Å². The third-order valence-corrected chi connectivity index (χ3v) is 10.6. The zero-order valence-electron chi connectivity index (χ0n) is 25.7. The summed E-state index contributed by atoms with van der Waals surface area (Å²) in [5.41, 5.74) is 4.11. The van der Waals surface area contributed by atoms with Gasteiger partial charge in [-0.05, 0) is 58.4 Å². The third kappa shape index (κ3) is 4.46. The van der Waals surface area contributed by atoms with E-state index in [4.69, 9.17) is 5.73 Å². The third-order valence-electron chi connectivity index (χ3n) is 10.6. The highest BCUT2D eigenvalue weighted by atomic mass is 16.4. The Morgan fingerprint density at radius 1 is 1.05 bits per heavy atom. The molecule has 9 nitrogen and oxygen atoms in total. The Morgan fingerprint density at radius 2 is 1.67 bits per heavy atom. The highest BCUT2D eigenvalue weighted by Crippen LogP contribution is 2.66. The average molecular weight is 593 g/mol. The van der Waals surface area contributed by atoms with Crippen molar-refractivity contribution in [3.63, 3.8) is 0 Å². The highest BCUT2D eigenvalue weighted by molar-refractivity contribution is 6.09. The summed E-state index contributed by atoms with van der Waals surface area (Å²) >= 11 is 0. The van der Waals surface area contributed by atoms with Crippen molar-refractivity contribution >= 4 is 17.5 Å². The molecule has 5 rings (SSSR count). The second kappa shape index (κ2) is 10.5. The topological polar surface area (TPSA) is 170 Å². The summed E-state index contributed by atoms with van der Waals surface area (Å²) in [6.07, 6.45) is -2.97. The Kier molecular flexibility index (Phi) is 7.65. The van der Waals surface area contributed by atoms with Gasteiger partial charge in [-0.1, -0.05) is 71.9 Å². The van der Waals surface area contributed by atoms with Gasteiger partial charge in [0.1, 0.15) is 17.8 Å².